The van der Waals surface area contributed by atoms with E-state index in [0.717, 1.165) is 64.4 Å². The summed E-state index contributed by atoms with van der Waals surface area (Å²) < 4.78 is 11.0. The Balaban J connectivity index is 0. The highest BCUT2D eigenvalue weighted by molar-refractivity contribution is 5.72. The van der Waals surface area contributed by atoms with Crippen LogP contribution in [0.3, 0.4) is 0 Å². The van der Waals surface area contributed by atoms with Crippen molar-refractivity contribution in [2.75, 3.05) is 46.6 Å². The summed E-state index contributed by atoms with van der Waals surface area (Å²) in [5.74, 6) is 0.532. The highest BCUT2D eigenvalue weighted by Crippen LogP contribution is 2.21. The molecule has 0 radical (unpaired) electrons. The summed E-state index contributed by atoms with van der Waals surface area (Å²) in [5.41, 5.74) is 0. The molecule has 0 aromatic heterocycles. The number of methoxy groups -OCH3 is 1. The average molecular weight is 810 g/mol. The molecule has 0 saturated heterocycles. The number of rotatable bonds is 46. The van der Waals surface area contributed by atoms with Crippen molar-refractivity contribution in [3.05, 3.63) is 0 Å². The van der Waals surface area contributed by atoms with E-state index in [1.807, 2.05) is 0 Å². The summed E-state index contributed by atoms with van der Waals surface area (Å²) in [6, 6.07) is 0. The van der Waals surface area contributed by atoms with E-state index >= 15 is 0 Å². The molecule has 0 fully saturated rings. The number of esters is 1. The van der Waals surface area contributed by atoms with Crippen LogP contribution in [0.2, 0.25) is 0 Å². The van der Waals surface area contributed by atoms with E-state index in [2.05, 4.69) is 32.6 Å². The molecule has 0 heterocycles. The first-order chi connectivity index (χ1) is 28.0. The smallest absolute Gasteiger partial charge is 0.308 e. The van der Waals surface area contributed by atoms with Crippen molar-refractivity contribution in [3.8, 4) is 0 Å². The monoisotopic (exact) mass is 810 g/mol. The van der Waals surface area contributed by atoms with Gasteiger partial charge in [-0.3, -0.25) is 4.79 Å². The standard InChI is InChI=1S/C35H71NO4.C16H32O/c1-4-6-8-10-11-19-27-34(26-18-9-7-5-2)35(38)40-33-25-17-14-22-30-36(28-20-12-15-23-31-37)29-21-13-16-24-32-39-3;1-3-5-7-9-10-12-14-16(15-17)13-11-8-6-4-2/h34,37H,4-33H2,1-3H3;15-16H,3-14H2,1-2H3. The lowest BCUT2D eigenvalue weighted by Crippen LogP contribution is -2.27. The van der Waals surface area contributed by atoms with Crippen molar-refractivity contribution in [1.29, 1.82) is 0 Å². The molecule has 0 aliphatic rings. The van der Waals surface area contributed by atoms with E-state index in [9.17, 15) is 9.59 Å². The molecule has 0 aliphatic heterocycles. The molecule has 342 valence electrons. The minimum Gasteiger partial charge on any atom is -0.465 e. The van der Waals surface area contributed by atoms with Crippen molar-refractivity contribution in [3.63, 3.8) is 0 Å². The van der Waals surface area contributed by atoms with Crippen LogP contribution < -0.4 is 0 Å². The number of aliphatic hydroxyl groups excluding tert-OH is 1. The summed E-state index contributed by atoms with van der Waals surface area (Å²) >= 11 is 0. The first-order valence-corrected chi connectivity index (χ1v) is 25.5. The van der Waals surface area contributed by atoms with Gasteiger partial charge in [-0.05, 0) is 83.8 Å². The third kappa shape index (κ3) is 45.9. The van der Waals surface area contributed by atoms with E-state index in [-0.39, 0.29) is 11.9 Å². The molecule has 57 heavy (non-hydrogen) atoms. The summed E-state index contributed by atoms with van der Waals surface area (Å²) in [5, 5.41) is 9.01. The van der Waals surface area contributed by atoms with Crippen LogP contribution in [0.25, 0.3) is 0 Å². The van der Waals surface area contributed by atoms with Crippen molar-refractivity contribution < 1.29 is 24.2 Å². The fourth-order valence-electron chi connectivity index (χ4n) is 7.82. The van der Waals surface area contributed by atoms with Crippen LogP contribution in [0.1, 0.15) is 259 Å². The first-order valence-electron chi connectivity index (χ1n) is 25.5. The van der Waals surface area contributed by atoms with Crippen molar-refractivity contribution in [2.45, 2.75) is 259 Å². The Hall–Kier alpha value is -0.980. The molecule has 6 nitrogen and oxygen atoms in total. The number of aldehydes is 1. The first kappa shape index (κ1) is 58.1. The molecule has 0 spiro atoms. The van der Waals surface area contributed by atoms with Crippen LogP contribution in [0.4, 0.5) is 0 Å². The lowest BCUT2D eigenvalue weighted by molar-refractivity contribution is -0.149. The van der Waals surface area contributed by atoms with Gasteiger partial charge in [-0.1, -0.05) is 195 Å². The molecule has 0 saturated carbocycles. The zero-order chi connectivity index (χ0) is 42.1. The van der Waals surface area contributed by atoms with Gasteiger partial charge in [0.15, 0.2) is 0 Å². The highest BCUT2D eigenvalue weighted by Gasteiger charge is 2.19. The molecular weight excluding hydrogens is 707 g/mol. The van der Waals surface area contributed by atoms with E-state index in [4.69, 9.17) is 14.6 Å². The Bertz CT molecular complexity index is 764. The second-order valence-corrected chi connectivity index (χ2v) is 17.4. The molecule has 0 aromatic rings. The average Bonchev–Trinajstić information content (AvgIpc) is 3.22. The number of aliphatic hydroxyl groups is 1. The Morgan fingerprint density at radius 1 is 0.474 bits per heavy atom. The van der Waals surface area contributed by atoms with Crippen molar-refractivity contribution in [2.24, 2.45) is 11.8 Å². The van der Waals surface area contributed by atoms with Gasteiger partial charge >= 0.3 is 5.97 Å². The molecule has 2 atom stereocenters. The van der Waals surface area contributed by atoms with E-state index in [0.29, 0.717) is 19.1 Å². The zero-order valence-electron chi connectivity index (χ0n) is 39.5. The third-order valence-electron chi connectivity index (χ3n) is 11.8. The van der Waals surface area contributed by atoms with Gasteiger partial charge in [-0.25, -0.2) is 0 Å². The van der Waals surface area contributed by atoms with Crippen molar-refractivity contribution in [1.82, 2.24) is 4.90 Å². The minimum absolute atomic E-state index is 0.0722. The molecule has 2 unspecified atom stereocenters. The van der Waals surface area contributed by atoms with Gasteiger partial charge in [0.1, 0.15) is 6.29 Å². The second kappa shape index (κ2) is 51.2. The molecular formula is C51H103NO5. The topological polar surface area (TPSA) is 76.1 Å². The Morgan fingerprint density at radius 3 is 1.25 bits per heavy atom. The number of hydrogen-bond donors (Lipinski definition) is 1. The molecule has 0 amide bonds. The van der Waals surface area contributed by atoms with Gasteiger partial charge in [-0.2, -0.15) is 0 Å². The predicted molar refractivity (Wildman–Crippen MR) is 248 cm³/mol. The Kier molecular flexibility index (Phi) is 52.2. The van der Waals surface area contributed by atoms with E-state index in [1.54, 1.807) is 7.11 Å². The predicted octanol–water partition coefficient (Wildman–Crippen LogP) is 15.0. The SMILES string of the molecule is CCCCCCCCC(C=O)CCCCCC.CCCCCCCCC(CCCCCC)C(=O)OCCCCCCN(CCCCCCO)CCCCCCOC. The van der Waals surface area contributed by atoms with Gasteiger partial charge in [0.25, 0.3) is 0 Å². The molecule has 6 heteroatoms. The number of carbonyl (C=O) groups is 2. The third-order valence-corrected chi connectivity index (χ3v) is 11.8. The number of unbranched alkanes of at least 4 members (excludes halogenated alkanes) is 25. The summed E-state index contributed by atoms with van der Waals surface area (Å²) in [4.78, 5) is 26.4. The fraction of sp³-hybridized carbons (Fsp3) is 0.961. The Morgan fingerprint density at radius 2 is 0.825 bits per heavy atom. The Labute approximate surface area is 357 Å². The summed E-state index contributed by atoms with van der Waals surface area (Å²) in [6.07, 6.45) is 45.3. The normalized spacial score (nSPS) is 12.4. The number of nitrogens with zero attached hydrogens (tertiary/aromatic N) is 1. The minimum atomic E-state index is 0.0722. The van der Waals surface area contributed by atoms with Crippen LogP contribution in [0.5, 0.6) is 0 Å². The lowest BCUT2D eigenvalue weighted by atomic mass is 9.94. The van der Waals surface area contributed by atoms with E-state index in [1.165, 1.54) is 199 Å². The van der Waals surface area contributed by atoms with Crippen molar-refractivity contribution >= 4 is 12.3 Å². The molecule has 0 bridgehead atoms. The highest BCUT2D eigenvalue weighted by atomic mass is 16.5. The van der Waals surface area contributed by atoms with Gasteiger partial charge in [-0.15, -0.1) is 0 Å². The van der Waals surface area contributed by atoms with Crippen LogP contribution in [-0.4, -0.2) is 68.8 Å². The van der Waals surface area contributed by atoms with Gasteiger partial charge in [0, 0.05) is 26.2 Å². The van der Waals surface area contributed by atoms with Gasteiger partial charge < -0.3 is 24.3 Å². The lowest BCUT2D eigenvalue weighted by Gasteiger charge is -2.22. The maximum atomic E-state index is 12.9. The fourth-order valence-corrected chi connectivity index (χ4v) is 7.82. The molecule has 0 aromatic carbocycles. The van der Waals surface area contributed by atoms with Crippen LogP contribution >= 0.6 is 0 Å². The van der Waals surface area contributed by atoms with Gasteiger partial charge in [0.05, 0.1) is 12.5 Å². The zero-order valence-corrected chi connectivity index (χ0v) is 39.5. The summed E-state index contributed by atoms with van der Waals surface area (Å²) in [6.45, 7) is 14.3. The summed E-state index contributed by atoms with van der Waals surface area (Å²) in [7, 11) is 1.78. The second-order valence-electron chi connectivity index (χ2n) is 17.4. The largest absolute Gasteiger partial charge is 0.465 e. The molecule has 1 N–H and O–H groups in total. The quantitative estimate of drug-likeness (QED) is 0.0375. The van der Waals surface area contributed by atoms with Crippen LogP contribution in [0.15, 0.2) is 0 Å². The maximum absolute atomic E-state index is 12.9. The molecule has 0 aliphatic carbocycles. The number of ether oxygens (including phenoxy) is 2. The number of hydrogen-bond acceptors (Lipinski definition) is 6. The van der Waals surface area contributed by atoms with Crippen LogP contribution in [-0.2, 0) is 19.1 Å². The number of carbonyl (C=O) groups excluding carboxylic acids is 2. The maximum Gasteiger partial charge on any atom is 0.308 e. The van der Waals surface area contributed by atoms with Crippen LogP contribution in [0, 0.1) is 11.8 Å². The molecule has 0 rings (SSSR count). The van der Waals surface area contributed by atoms with Gasteiger partial charge in [0.2, 0.25) is 0 Å². The van der Waals surface area contributed by atoms with E-state index < -0.39 is 0 Å².